The quantitative estimate of drug-likeness (QED) is 0.116. The summed E-state index contributed by atoms with van der Waals surface area (Å²) in [5, 5.41) is 25.3. The summed E-state index contributed by atoms with van der Waals surface area (Å²) in [5.41, 5.74) is 2.85. The third-order valence-electron chi connectivity index (χ3n) is 8.28. The highest BCUT2D eigenvalue weighted by Gasteiger charge is 2.25. The number of imidazole rings is 1. The Morgan fingerprint density at radius 3 is 2.16 bits per heavy atom. The monoisotopic (exact) mass is 702 g/mol. The van der Waals surface area contributed by atoms with E-state index in [1.165, 1.54) is 36.0 Å². The summed E-state index contributed by atoms with van der Waals surface area (Å²) < 4.78 is 39.0. The number of rotatable bonds is 17. The molecule has 2 unspecified atom stereocenters. The standard InChI is InChI=1S/C37H43FN6O7/c1-6-7-24(2)51-36-40-35(43(22-25-8-13-28(48-4)14-9-25)23-26-10-15-29(49-5)16-11-26)34-39-21-31(44(34)41-36)33(45)27-12-17-32(30(38)20-27)50-19-18-42(3)37(46)47/h8-17,20-21,24,33,45H,6-7,18-19,22-23H2,1-5H3,(H,46,47). The lowest BCUT2D eigenvalue weighted by atomic mass is 10.1. The molecular weight excluding hydrogens is 659 g/mol. The van der Waals surface area contributed by atoms with Crippen LogP contribution in [0.3, 0.4) is 0 Å². The predicted octanol–water partition coefficient (Wildman–Crippen LogP) is 6.13. The van der Waals surface area contributed by atoms with Gasteiger partial charge in [-0.25, -0.2) is 18.7 Å². The normalized spacial score (nSPS) is 12.3. The van der Waals surface area contributed by atoms with Crippen molar-refractivity contribution in [1.29, 1.82) is 0 Å². The number of fused-ring (bicyclic) bond motifs is 1. The van der Waals surface area contributed by atoms with Crippen LogP contribution in [0.25, 0.3) is 5.65 Å². The molecule has 0 spiro atoms. The Hall–Kier alpha value is -5.63. The van der Waals surface area contributed by atoms with Gasteiger partial charge in [0.2, 0.25) is 0 Å². The van der Waals surface area contributed by atoms with Crippen molar-refractivity contribution in [3.63, 3.8) is 0 Å². The number of aromatic nitrogens is 4. The number of carbonyl (C=O) groups is 1. The SMILES string of the molecule is CCCC(C)Oc1nc(N(Cc2ccc(OC)cc2)Cc2ccc(OC)cc2)c2ncc(C(O)c3ccc(OCCN(C)C(=O)O)c(F)c3)n2n1. The molecule has 2 aromatic heterocycles. The summed E-state index contributed by atoms with van der Waals surface area (Å²) in [6.07, 6.45) is 0.523. The third-order valence-corrected chi connectivity index (χ3v) is 8.28. The zero-order valence-electron chi connectivity index (χ0n) is 29.3. The molecule has 51 heavy (non-hydrogen) atoms. The minimum atomic E-state index is -1.33. The summed E-state index contributed by atoms with van der Waals surface area (Å²) >= 11 is 0. The van der Waals surface area contributed by atoms with Crippen LogP contribution in [-0.4, -0.2) is 81.3 Å². The molecule has 2 heterocycles. The van der Waals surface area contributed by atoms with E-state index < -0.39 is 18.0 Å². The Balaban J connectivity index is 1.54. The number of methoxy groups -OCH3 is 2. The third kappa shape index (κ3) is 9.14. The molecule has 13 nitrogen and oxygen atoms in total. The number of carboxylic acid groups (broad SMARTS) is 1. The lowest BCUT2D eigenvalue weighted by Gasteiger charge is -2.25. The number of ether oxygens (including phenoxy) is 4. The van der Waals surface area contributed by atoms with Crippen LogP contribution in [0.15, 0.2) is 72.9 Å². The number of hydrogen-bond acceptors (Lipinski definition) is 10. The van der Waals surface area contributed by atoms with E-state index in [2.05, 4.69) is 21.9 Å². The van der Waals surface area contributed by atoms with Gasteiger partial charge < -0.3 is 39.0 Å². The van der Waals surface area contributed by atoms with E-state index in [1.54, 1.807) is 14.2 Å². The summed E-state index contributed by atoms with van der Waals surface area (Å²) in [5.74, 6) is 1.16. The number of halogens is 1. The van der Waals surface area contributed by atoms with E-state index in [1.807, 2.05) is 55.5 Å². The number of amides is 1. The number of hydrogen-bond donors (Lipinski definition) is 2. The first-order valence-corrected chi connectivity index (χ1v) is 16.6. The maximum absolute atomic E-state index is 15.2. The number of aliphatic hydroxyl groups excluding tert-OH is 1. The van der Waals surface area contributed by atoms with Gasteiger partial charge in [0, 0.05) is 20.1 Å². The number of benzene rings is 3. The largest absolute Gasteiger partial charge is 0.497 e. The Morgan fingerprint density at radius 2 is 1.61 bits per heavy atom. The van der Waals surface area contributed by atoms with Crippen molar-refractivity contribution < 1.29 is 38.3 Å². The number of likely N-dealkylation sites (N-methyl/N-ethyl adjacent to an activating group) is 1. The van der Waals surface area contributed by atoms with Crippen molar-refractivity contribution in [2.75, 3.05) is 39.3 Å². The van der Waals surface area contributed by atoms with E-state index in [0.29, 0.717) is 24.6 Å². The molecule has 5 aromatic rings. The van der Waals surface area contributed by atoms with Crippen LogP contribution >= 0.6 is 0 Å². The minimum Gasteiger partial charge on any atom is -0.497 e. The van der Waals surface area contributed by atoms with Crippen molar-refractivity contribution in [2.24, 2.45) is 0 Å². The van der Waals surface area contributed by atoms with Crippen LogP contribution in [0.2, 0.25) is 0 Å². The van der Waals surface area contributed by atoms with Gasteiger partial charge in [-0.1, -0.05) is 43.7 Å². The molecule has 0 aliphatic carbocycles. The van der Waals surface area contributed by atoms with Crippen LogP contribution in [0.1, 0.15) is 55.2 Å². The van der Waals surface area contributed by atoms with Gasteiger partial charge in [0.1, 0.15) is 24.2 Å². The van der Waals surface area contributed by atoms with Crippen LogP contribution in [0.5, 0.6) is 23.3 Å². The molecule has 5 rings (SSSR count). The Kier molecular flexibility index (Phi) is 12.1. The maximum Gasteiger partial charge on any atom is 0.407 e. The Bertz CT molecular complexity index is 1860. The number of aliphatic hydroxyl groups is 1. The number of nitrogens with zero attached hydrogens (tertiary/aromatic N) is 6. The first-order chi connectivity index (χ1) is 24.6. The van der Waals surface area contributed by atoms with Crippen molar-refractivity contribution in [1.82, 2.24) is 24.5 Å². The average molecular weight is 703 g/mol. The van der Waals surface area contributed by atoms with Crippen molar-refractivity contribution in [3.8, 4) is 23.3 Å². The summed E-state index contributed by atoms with van der Waals surface area (Å²) in [4.78, 5) is 23.7. The fraction of sp³-hybridized carbons (Fsp3) is 0.351. The van der Waals surface area contributed by atoms with Gasteiger partial charge in [0.05, 0.1) is 38.8 Å². The molecule has 14 heteroatoms. The van der Waals surface area contributed by atoms with Gasteiger partial charge in [-0.2, -0.15) is 4.98 Å². The highest BCUT2D eigenvalue weighted by molar-refractivity contribution is 5.65. The topological polar surface area (TPSA) is 144 Å². The lowest BCUT2D eigenvalue weighted by Crippen LogP contribution is -2.29. The van der Waals surface area contributed by atoms with E-state index >= 15 is 4.39 Å². The molecule has 0 saturated carbocycles. The van der Waals surface area contributed by atoms with Crippen molar-refractivity contribution >= 4 is 17.6 Å². The zero-order chi connectivity index (χ0) is 36.5. The highest BCUT2D eigenvalue weighted by atomic mass is 19.1. The van der Waals surface area contributed by atoms with Crippen LogP contribution < -0.4 is 23.8 Å². The molecular formula is C37H43FN6O7. The van der Waals surface area contributed by atoms with E-state index in [-0.39, 0.29) is 42.3 Å². The average Bonchev–Trinajstić information content (AvgIpc) is 3.56. The van der Waals surface area contributed by atoms with E-state index in [9.17, 15) is 9.90 Å². The molecule has 0 saturated heterocycles. The predicted molar refractivity (Wildman–Crippen MR) is 188 cm³/mol. The van der Waals surface area contributed by atoms with Gasteiger partial charge in [0.15, 0.2) is 23.0 Å². The Labute approximate surface area is 295 Å². The molecule has 0 aliphatic rings. The fourth-order valence-electron chi connectivity index (χ4n) is 5.43. The van der Waals surface area contributed by atoms with Gasteiger partial charge in [-0.05, 0) is 66.4 Å². The first kappa shape index (κ1) is 36.6. The fourth-order valence-corrected chi connectivity index (χ4v) is 5.43. The van der Waals surface area contributed by atoms with Gasteiger partial charge in [-0.15, -0.1) is 5.10 Å². The first-order valence-electron chi connectivity index (χ1n) is 16.6. The van der Waals surface area contributed by atoms with Crippen molar-refractivity contribution in [3.05, 3.63) is 101 Å². The minimum absolute atomic E-state index is 0.0443. The van der Waals surface area contributed by atoms with Gasteiger partial charge in [-0.3, -0.25) is 0 Å². The van der Waals surface area contributed by atoms with Gasteiger partial charge >= 0.3 is 12.1 Å². The highest BCUT2D eigenvalue weighted by Crippen LogP contribution is 2.31. The second-order valence-corrected chi connectivity index (χ2v) is 12.1. The summed E-state index contributed by atoms with van der Waals surface area (Å²) in [7, 11) is 4.63. The smallest absolute Gasteiger partial charge is 0.407 e. The molecule has 2 N–H and O–H groups in total. The van der Waals surface area contributed by atoms with E-state index in [0.717, 1.165) is 40.4 Å². The zero-order valence-corrected chi connectivity index (χ0v) is 29.3. The molecule has 2 atom stereocenters. The maximum atomic E-state index is 15.2. The second kappa shape index (κ2) is 16.9. The van der Waals surface area contributed by atoms with E-state index in [4.69, 9.17) is 29.0 Å². The van der Waals surface area contributed by atoms with Gasteiger partial charge in [0.25, 0.3) is 0 Å². The number of anilines is 1. The Morgan fingerprint density at radius 1 is 0.980 bits per heavy atom. The summed E-state index contributed by atoms with van der Waals surface area (Å²) in [6.45, 7) is 4.89. The van der Waals surface area contributed by atoms with Crippen LogP contribution in [0.4, 0.5) is 15.0 Å². The molecule has 3 aromatic carbocycles. The second-order valence-electron chi connectivity index (χ2n) is 12.1. The van der Waals surface area contributed by atoms with Crippen molar-refractivity contribution in [2.45, 2.75) is 52.0 Å². The molecule has 0 radical (unpaired) electrons. The molecule has 0 bridgehead atoms. The van der Waals surface area contributed by atoms with Crippen LogP contribution in [-0.2, 0) is 13.1 Å². The molecule has 0 aliphatic heterocycles. The lowest BCUT2D eigenvalue weighted by molar-refractivity contribution is 0.146. The molecule has 1 amide bonds. The summed E-state index contributed by atoms with van der Waals surface area (Å²) in [6, 6.07) is 19.7. The molecule has 270 valence electrons. The molecule has 0 fully saturated rings. The van der Waals surface area contributed by atoms with Crippen LogP contribution in [0, 0.1) is 5.82 Å².